The standard InChI is InChI=1S/C14H19N3O3/c1-8-4-11(14(19)20)7-17(6-8)13(18)12-5-9(2)15-10(3)16-12/h5,8,11H,4,6-7H2,1-3H3,(H,19,20). The smallest absolute Gasteiger partial charge is 0.308 e. The fourth-order valence-electron chi connectivity index (χ4n) is 2.68. The fraction of sp³-hybridized carbons (Fsp3) is 0.571. The summed E-state index contributed by atoms with van der Waals surface area (Å²) in [7, 11) is 0. The van der Waals surface area contributed by atoms with Gasteiger partial charge in [0.1, 0.15) is 11.5 Å². The van der Waals surface area contributed by atoms with Crippen molar-refractivity contribution in [2.75, 3.05) is 13.1 Å². The van der Waals surface area contributed by atoms with E-state index in [1.54, 1.807) is 17.9 Å². The van der Waals surface area contributed by atoms with E-state index in [1.165, 1.54) is 0 Å². The third-order valence-corrected chi connectivity index (χ3v) is 3.48. The molecule has 1 fully saturated rings. The number of aliphatic carboxylic acids is 1. The zero-order valence-corrected chi connectivity index (χ0v) is 12.0. The summed E-state index contributed by atoms with van der Waals surface area (Å²) in [6.07, 6.45) is 0.612. The Balaban J connectivity index is 2.21. The first kappa shape index (κ1) is 14.4. The zero-order valence-electron chi connectivity index (χ0n) is 12.0. The largest absolute Gasteiger partial charge is 0.481 e. The molecule has 0 spiro atoms. The number of aryl methyl sites for hydroxylation is 2. The predicted molar refractivity (Wildman–Crippen MR) is 72.3 cm³/mol. The van der Waals surface area contributed by atoms with E-state index in [-0.39, 0.29) is 18.4 Å². The van der Waals surface area contributed by atoms with Gasteiger partial charge in [-0.3, -0.25) is 9.59 Å². The first-order valence-corrected chi connectivity index (χ1v) is 6.71. The number of likely N-dealkylation sites (tertiary alicyclic amines) is 1. The lowest BCUT2D eigenvalue weighted by Gasteiger charge is -2.34. The molecule has 2 unspecified atom stereocenters. The Morgan fingerprint density at radius 2 is 2.00 bits per heavy atom. The molecule has 2 heterocycles. The fourth-order valence-corrected chi connectivity index (χ4v) is 2.68. The van der Waals surface area contributed by atoms with Crippen molar-refractivity contribution in [3.05, 3.63) is 23.3 Å². The van der Waals surface area contributed by atoms with Gasteiger partial charge >= 0.3 is 5.97 Å². The van der Waals surface area contributed by atoms with Crippen LogP contribution in [0.3, 0.4) is 0 Å². The maximum Gasteiger partial charge on any atom is 0.308 e. The minimum absolute atomic E-state index is 0.179. The highest BCUT2D eigenvalue weighted by atomic mass is 16.4. The Morgan fingerprint density at radius 1 is 1.30 bits per heavy atom. The molecule has 1 N–H and O–H groups in total. The number of hydrogen-bond acceptors (Lipinski definition) is 4. The molecule has 6 heteroatoms. The Labute approximate surface area is 117 Å². The SMILES string of the molecule is Cc1cc(C(=O)N2CC(C)CC(C(=O)O)C2)nc(C)n1. The van der Waals surface area contributed by atoms with Crippen LogP contribution in [0.25, 0.3) is 0 Å². The maximum atomic E-state index is 12.5. The van der Waals surface area contributed by atoms with Crippen LogP contribution in [0.2, 0.25) is 0 Å². The molecular weight excluding hydrogens is 258 g/mol. The second kappa shape index (κ2) is 5.56. The van der Waals surface area contributed by atoms with Gasteiger partial charge in [-0.05, 0) is 32.3 Å². The number of carboxylic acid groups (broad SMARTS) is 1. The molecule has 1 aliphatic heterocycles. The number of piperidine rings is 1. The topological polar surface area (TPSA) is 83.4 Å². The van der Waals surface area contributed by atoms with Crippen LogP contribution in [0.4, 0.5) is 0 Å². The maximum absolute atomic E-state index is 12.5. The molecule has 0 bridgehead atoms. The Morgan fingerprint density at radius 3 is 2.60 bits per heavy atom. The minimum Gasteiger partial charge on any atom is -0.481 e. The molecule has 2 rings (SSSR count). The summed E-state index contributed by atoms with van der Waals surface area (Å²) < 4.78 is 0. The lowest BCUT2D eigenvalue weighted by Crippen LogP contribution is -2.45. The van der Waals surface area contributed by atoms with Gasteiger partial charge in [0.05, 0.1) is 5.92 Å². The summed E-state index contributed by atoms with van der Waals surface area (Å²) in [6.45, 7) is 6.34. The highest BCUT2D eigenvalue weighted by molar-refractivity contribution is 5.92. The second-order valence-electron chi connectivity index (χ2n) is 5.53. The number of carbonyl (C=O) groups is 2. The number of carbonyl (C=O) groups excluding carboxylic acids is 1. The van der Waals surface area contributed by atoms with Gasteiger partial charge in [0.15, 0.2) is 0 Å². The van der Waals surface area contributed by atoms with Gasteiger partial charge in [0, 0.05) is 18.8 Å². The number of nitrogens with zero attached hydrogens (tertiary/aromatic N) is 3. The summed E-state index contributed by atoms with van der Waals surface area (Å²) >= 11 is 0. The molecule has 0 aromatic carbocycles. The molecule has 0 radical (unpaired) electrons. The van der Waals surface area contributed by atoms with Crippen molar-refractivity contribution in [1.29, 1.82) is 0 Å². The first-order valence-electron chi connectivity index (χ1n) is 6.71. The molecule has 0 aliphatic carbocycles. The quantitative estimate of drug-likeness (QED) is 0.880. The zero-order chi connectivity index (χ0) is 14.9. The van der Waals surface area contributed by atoms with Gasteiger partial charge in [0.25, 0.3) is 5.91 Å². The van der Waals surface area contributed by atoms with E-state index in [0.717, 1.165) is 5.69 Å². The summed E-state index contributed by atoms with van der Waals surface area (Å²) in [5, 5.41) is 9.15. The molecule has 108 valence electrons. The van der Waals surface area contributed by atoms with Crippen LogP contribution in [0.15, 0.2) is 6.07 Å². The van der Waals surface area contributed by atoms with E-state index >= 15 is 0 Å². The van der Waals surface area contributed by atoms with Gasteiger partial charge in [0.2, 0.25) is 0 Å². The number of hydrogen-bond donors (Lipinski definition) is 1. The molecule has 1 saturated heterocycles. The van der Waals surface area contributed by atoms with Crippen molar-refractivity contribution in [1.82, 2.24) is 14.9 Å². The summed E-state index contributed by atoms with van der Waals surface area (Å²) in [4.78, 5) is 33.5. The molecule has 6 nitrogen and oxygen atoms in total. The third kappa shape index (κ3) is 3.12. The van der Waals surface area contributed by atoms with E-state index in [4.69, 9.17) is 5.11 Å². The van der Waals surface area contributed by atoms with Gasteiger partial charge in [-0.1, -0.05) is 6.92 Å². The van der Waals surface area contributed by atoms with Crippen molar-refractivity contribution in [3.63, 3.8) is 0 Å². The van der Waals surface area contributed by atoms with Crippen molar-refractivity contribution < 1.29 is 14.7 Å². The van der Waals surface area contributed by atoms with E-state index in [1.807, 2.05) is 13.8 Å². The van der Waals surface area contributed by atoms with Crippen LogP contribution < -0.4 is 0 Å². The van der Waals surface area contributed by atoms with Crippen LogP contribution in [0.5, 0.6) is 0 Å². The number of aromatic nitrogens is 2. The number of rotatable bonds is 2. The second-order valence-corrected chi connectivity index (χ2v) is 5.53. The van der Waals surface area contributed by atoms with Crippen molar-refractivity contribution in [2.45, 2.75) is 27.2 Å². The van der Waals surface area contributed by atoms with Crippen molar-refractivity contribution in [3.8, 4) is 0 Å². The predicted octanol–water partition coefficient (Wildman–Crippen LogP) is 1.28. The Kier molecular flexibility index (Phi) is 4.01. The molecule has 2 atom stereocenters. The number of amides is 1. The average molecular weight is 277 g/mol. The highest BCUT2D eigenvalue weighted by Crippen LogP contribution is 2.23. The van der Waals surface area contributed by atoms with E-state index in [0.29, 0.717) is 24.5 Å². The van der Waals surface area contributed by atoms with Gasteiger partial charge in [-0.25, -0.2) is 9.97 Å². The summed E-state index contributed by atoms with van der Waals surface area (Å²) in [6, 6.07) is 1.64. The molecular formula is C14H19N3O3. The molecule has 1 aromatic rings. The van der Waals surface area contributed by atoms with E-state index in [2.05, 4.69) is 9.97 Å². The van der Waals surface area contributed by atoms with Gasteiger partial charge in [-0.15, -0.1) is 0 Å². The van der Waals surface area contributed by atoms with Crippen LogP contribution >= 0.6 is 0 Å². The van der Waals surface area contributed by atoms with E-state index < -0.39 is 11.9 Å². The third-order valence-electron chi connectivity index (χ3n) is 3.48. The van der Waals surface area contributed by atoms with Crippen molar-refractivity contribution in [2.24, 2.45) is 11.8 Å². The molecule has 20 heavy (non-hydrogen) atoms. The Bertz CT molecular complexity index is 524. The van der Waals surface area contributed by atoms with Crippen LogP contribution in [0, 0.1) is 25.7 Å². The van der Waals surface area contributed by atoms with Gasteiger partial charge < -0.3 is 10.0 Å². The summed E-state index contributed by atoms with van der Waals surface area (Å²) in [5.41, 5.74) is 1.08. The van der Waals surface area contributed by atoms with Crippen LogP contribution in [0.1, 0.15) is 35.4 Å². The van der Waals surface area contributed by atoms with E-state index in [9.17, 15) is 9.59 Å². The normalized spacial score (nSPS) is 22.6. The molecule has 1 aromatic heterocycles. The van der Waals surface area contributed by atoms with Crippen LogP contribution in [-0.2, 0) is 4.79 Å². The molecule has 1 aliphatic rings. The van der Waals surface area contributed by atoms with Gasteiger partial charge in [-0.2, -0.15) is 0 Å². The average Bonchev–Trinajstić information content (AvgIpc) is 2.35. The molecule has 0 saturated carbocycles. The lowest BCUT2D eigenvalue weighted by atomic mass is 9.90. The Hall–Kier alpha value is -1.98. The lowest BCUT2D eigenvalue weighted by molar-refractivity contribution is -0.143. The van der Waals surface area contributed by atoms with Crippen molar-refractivity contribution >= 4 is 11.9 Å². The van der Waals surface area contributed by atoms with Crippen LogP contribution in [-0.4, -0.2) is 44.9 Å². The number of carboxylic acids is 1. The monoisotopic (exact) mass is 277 g/mol. The minimum atomic E-state index is -0.843. The molecule has 1 amide bonds. The highest BCUT2D eigenvalue weighted by Gasteiger charge is 2.32. The summed E-state index contributed by atoms with van der Waals surface area (Å²) in [5.74, 6) is -0.821. The first-order chi connectivity index (χ1) is 9.36.